The van der Waals surface area contributed by atoms with Crippen LogP contribution in [0, 0.1) is 23.2 Å². The van der Waals surface area contributed by atoms with Gasteiger partial charge in [0.2, 0.25) is 0 Å². The Hall–Kier alpha value is -0.870. The number of cyclic esters (lactones) is 1. The first-order valence-corrected chi connectivity index (χ1v) is 7.08. The van der Waals surface area contributed by atoms with Crippen LogP contribution in [-0.4, -0.2) is 35.0 Å². The standard InChI is InChI=1S/C15H22O4/c1-7-8-4-15(2,3)5-9(8)13(17)10-6-19-14(18)11(10)12(7)16/h7-9,12-13,16-17H,4-6H2,1-3H3/t7-,8-,9-,12-,13+/m0/s1. The molecule has 0 spiro atoms. The summed E-state index contributed by atoms with van der Waals surface area (Å²) < 4.78 is 5.01. The zero-order chi connectivity index (χ0) is 13.9. The Morgan fingerprint density at radius 1 is 1.16 bits per heavy atom. The van der Waals surface area contributed by atoms with Gasteiger partial charge >= 0.3 is 5.97 Å². The molecule has 0 bridgehead atoms. The minimum Gasteiger partial charge on any atom is -0.458 e. The molecule has 1 aliphatic heterocycles. The highest BCUT2D eigenvalue weighted by Gasteiger charge is 2.52. The summed E-state index contributed by atoms with van der Waals surface area (Å²) >= 11 is 0. The van der Waals surface area contributed by atoms with Crippen molar-refractivity contribution in [1.82, 2.24) is 0 Å². The molecule has 1 fully saturated rings. The topological polar surface area (TPSA) is 66.8 Å². The van der Waals surface area contributed by atoms with E-state index in [-0.39, 0.29) is 29.8 Å². The summed E-state index contributed by atoms with van der Waals surface area (Å²) in [4.78, 5) is 11.8. The second-order valence-electron chi connectivity index (χ2n) is 7.16. The van der Waals surface area contributed by atoms with E-state index in [1.54, 1.807) is 0 Å². The van der Waals surface area contributed by atoms with Crippen LogP contribution in [0.25, 0.3) is 0 Å². The van der Waals surface area contributed by atoms with Crippen molar-refractivity contribution in [3.63, 3.8) is 0 Å². The molecule has 4 heteroatoms. The van der Waals surface area contributed by atoms with E-state index in [0.29, 0.717) is 11.1 Å². The predicted octanol–water partition coefficient (Wildman–Crippen LogP) is 1.26. The van der Waals surface area contributed by atoms with E-state index in [9.17, 15) is 15.0 Å². The average molecular weight is 266 g/mol. The molecule has 19 heavy (non-hydrogen) atoms. The van der Waals surface area contributed by atoms with Gasteiger partial charge in [0.1, 0.15) is 6.61 Å². The van der Waals surface area contributed by atoms with E-state index in [4.69, 9.17) is 4.74 Å². The Morgan fingerprint density at radius 3 is 2.47 bits per heavy atom. The zero-order valence-corrected chi connectivity index (χ0v) is 11.7. The molecule has 3 aliphatic rings. The van der Waals surface area contributed by atoms with Crippen molar-refractivity contribution in [3.05, 3.63) is 11.1 Å². The van der Waals surface area contributed by atoms with Crippen molar-refractivity contribution >= 4 is 5.97 Å². The highest BCUT2D eigenvalue weighted by Crippen LogP contribution is 2.53. The molecule has 1 heterocycles. The lowest BCUT2D eigenvalue weighted by atomic mass is 9.80. The molecule has 0 aromatic rings. The minimum absolute atomic E-state index is 0.0143. The fraction of sp³-hybridized carbons (Fsp3) is 0.800. The highest BCUT2D eigenvalue weighted by molar-refractivity contribution is 5.93. The van der Waals surface area contributed by atoms with E-state index in [1.165, 1.54) is 0 Å². The largest absolute Gasteiger partial charge is 0.458 e. The normalized spacial score (nSPS) is 44.7. The van der Waals surface area contributed by atoms with Gasteiger partial charge in [0.25, 0.3) is 0 Å². The van der Waals surface area contributed by atoms with Crippen molar-refractivity contribution < 1.29 is 19.7 Å². The van der Waals surface area contributed by atoms with Gasteiger partial charge in [-0.3, -0.25) is 0 Å². The molecule has 2 aliphatic carbocycles. The summed E-state index contributed by atoms with van der Waals surface area (Å²) in [6, 6.07) is 0. The molecule has 0 unspecified atom stereocenters. The molecule has 0 amide bonds. The zero-order valence-electron chi connectivity index (χ0n) is 11.7. The summed E-state index contributed by atoms with van der Waals surface area (Å²) in [7, 11) is 0. The van der Waals surface area contributed by atoms with Gasteiger partial charge in [0, 0.05) is 5.57 Å². The first-order chi connectivity index (χ1) is 8.82. The Kier molecular flexibility index (Phi) is 2.81. The lowest BCUT2D eigenvalue weighted by Gasteiger charge is -2.28. The lowest BCUT2D eigenvalue weighted by Crippen LogP contribution is -2.31. The fourth-order valence-corrected chi connectivity index (χ4v) is 4.32. The Bertz CT molecular complexity index is 451. The van der Waals surface area contributed by atoms with Gasteiger partial charge in [0.15, 0.2) is 0 Å². The van der Waals surface area contributed by atoms with Crippen molar-refractivity contribution in [2.45, 2.75) is 45.8 Å². The van der Waals surface area contributed by atoms with E-state index >= 15 is 0 Å². The lowest BCUT2D eigenvalue weighted by molar-refractivity contribution is -0.137. The molecule has 0 aromatic carbocycles. The number of carbonyl (C=O) groups is 1. The summed E-state index contributed by atoms with van der Waals surface area (Å²) in [5, 5.41) is 21.1. The fourth-order valence-electron chi connectivity index (χ4n) is 4.32. The summed E-state index contributed by atoms with van der Waals surface area (Å²) in [6.45, 7) is 6.54. The highest BCUT2D eigenvalue weighted by atomic mass is 16.5. The van der Waals surface area contributed by atoms with Gasteiger partial charge in [-0.2, -0.15) is 0 Å². The molecule has 0 saturated heterocycles. The van der Waals surface area contributed by atoms with Gasteiger partial charge in [-0.1, -0.05) is 20.8 Å². The van der Waals surface area contributed by atoms with Gasteiger partial charge in [-0.25, -0.2) is 4.79 Å². The van der Waals surface area contributed by atoms with Crippen LogP contribution >= 0.6 is 0 Å². The maximum atomic E-state index is 11.8. The monoisotopic (exact) mass is 266 g/mol. The molecule has 0 radical (unpaired) electrons. The van der Waals surface area contributed by atoms with Gasteiger partial charge in [-0.15, -0.1) is 0 Å². The number of carbonyl (C=O) groups excluding carboxylic acids is 1. The van der Waals surface area contributed by atoms with Crippen LogP contribution in [0.1, 0.15) is 33.6 Å². The molecule has 5 atom stereocenters. The van der Waals surface area contributed by atoms with E-state index in [0.717, 1.165) is 12.8 Å². The van der Waals surface area contributed by atoms with Crippen molar-refractivity contribution in [3.8, 4) is 0 Å². The summed E-state index contributed by atoms with van der Waals surface area (Å²) in [5.41, 5.74) is 1.13. The first-order valence-electron chi connectivity index (χ1n) is 7.08. The van der Waals surface area contributed by atoms with Crippen LogP contribution in [0.2, 0.25) is 0 Å². The van der Waals surface area contributed by atoms with E-state index < -0.39 is 18.2 Å². The summed E-state index contributed by atoms with van der Waals surface area (Å²) in [6.07, 6.45) is 0.472. The Morgan fingerprint density at radius 2 is 1.79 bits per heavy atom. The number of esters is 1. The van der Waals surface area contributed by atoms with Crippen LogP contribution in [0.5, 0.6) is 0 Å². The molecule has 106 valence electrons. The maximum Gasteiger partial charge on any atom is 0.337 e. The Labute approximate surface area is 113 Å². The molecular weight excluding hydrogens is 244 g/mol. The Balaban J connectivity index is 2.03. The third-order valence-corrected chi connectivity index (χ3v) is 5.28. The molecule has 3 rings (SSSR count). The van der Waals surface area contributed by atoms with Crippen molar-refractivity contribution in [2.24, 2.45) is 23.2 Å². The molecule has 4 nitrogen and oxygen atoms in total. The average Bonchev–Trinajstić information content (AvgIpc) is 2.84. The van der Waals surface area contributed by atoms with Crippen molar-refractivity contribution in [1.29, 1.82) is 0 Å². The molecule has 0 aromatic heterocycles. The van der Waals surface area contributed by atoms with Gasteiger partial charge < -0.3 is 14.9 Å². The minimum atomic E-state index is -0.802. The number of ether oxygens (including phenoxy) is 1. The molecular formula is C15H22O4. The van der Waals surface area contributed by atoms with Crippen LogP contribution in [-0.2, 0) is 9.53 Å². The first kappa shape index (κ1) is 13.1. The van der Waals surface area contributed by atoms with Gasteiger partial charge in [0.05, 0.1) is 17.8 Å². The van der Waals surface area contributed by atoms with Crippen LogP contribution in [0.15, 0.2) is 11.1 Å². The number of hydrogen-bond acceptors (Lipinski definition) is 4. The van der Waals surface area contributed by atoms with Crippen molar-refractivity contribution in [2.75, 3.05) is 6.61 Å². The van der Waals surface area contributed by atoms with Gasteiger partial charge in [-0.05, 0) is 36.0 Å². The van der Waals surface area contributed by atoms with Crippen LogP contribution in [0.3, 0.4) is 0 Å². The van der Waals surface area contributed by atoms with E-state index in [1.807, 2.05) is 6.92 Å². The number of hydrogen-bond donors (Lipinski definition) is 2. The number of rotatable bonds is 0. The molecule has 2 N–H and O–H groups in total. The smallest absolute Gasteiger partial charge is 0.337 e. The predicted molar refractivity (Wildman–Crippen MR) is 69.2 cm³/mol. The number of aliphatic hydroxyl groups excluding tert-OH is 2. The van der Waals surface area contributed by atoms with Crippen LogP contribution < -0.4 is 0 Å². The van der Waals surface area contributed by atoms with E-state index in [2.05, 4.69) is 13.8 Å². The third kappa shape index (κ3) is 1.84. The third-order valence-electron chi connectivity index (χ3n) is 5.28. The van der Waals surface area contributed by atoms with Crippen LogP contribution in [0.4, 0.5) is 0 Å². The summed E-state index contributed by atoms with van der Waals surface area (Å²) in [5.74, 6) is -0.0766. The second kappa shape index (κ2) is 4.06. The quantitative estimate of drug-likeness (QED) is 0.648. The number of fused-ring (bicyclic) bond motifs is 1. The maximum absolute atomic E-state index is 11.8. The second-order valence-corrected chi connectivity index (χ2v) is 7.16. The molecule has 1 saturated carbocycles. The number of aliphatic hydroxyl groups is 2. The SMILES string of the molecule is C[C@H]1[C@@H]2CC(C)(C)C[C@@H]2[C@@H](O)C2=C(C(=O)OC2)[C@H]1O.